The van der Waals surface area contributed by atoms with Gasteiger partial charge in [-0.1, -0.05) is 26.0 Å². The van der Waals surface area contributed by atoms with Gasteiger partial charge in [0.05, 0.1) is 0 Å². The van der Waals surface area contributed by atoms with Crippen LogP contribution >= 0.6 is 0 Å². The number of benzene rings is 1. The minimum absolute atomic E-state index is 0.00557. The molecule has 0 aliphatic carbocycles. The van der Waals surface area contributed by atoms with Gasteiger partial charge in [0.15, 0.2) is 0 Å². The molecule has 2 aliphatic rings. The lowest BCUT2D eigenvalue weighted by Gasteiger charge is -2.42. The largest absolute Gasteiger partial charge is 0.342 e. The van der Waals surface area contributed by atoms with Gasteiger partial charge in [-0.2, -0.15) is 0 Å². The molecule has 0 unspecified atom stereocenters. The smallest absolute Gasteiger partial charge is 0.312 e. The molecule has 6 nitrogen and oxygen atoms in total. The summed E-state index contributed by atoms with van der Waals surface area (Å²) in [5.74, 6) is -1.28. The molecule has 0 aromatic heterocycles. The van der Waals surface area contributed by atoms with Gasteiger partial charge in [0, 0.05) is 44.7 Å². The summed E-state index contributed by atoms with van der Waals surface area (Å²) in [6, 6.07) is 6.07. The molecule has 2 heterocycles. The van der Waals surface area contributed by atoms with Crippen LogP contribution in [0.1, 0.15) is 32.3 Å². The second kappa shape index (κ2) is 8.06. The van der Waals surface area contributed by atoms with Gasteiger partial charge in [0.1, 0.15) is 5.82 Å². The first kappa shape index (κ1) is 19.3. The summed E-state index contributed by atoms with van der Waals surface area (Å²) in [5, 5.41) is 0. The third-order valence-corrected chi connectivity index (χ3v) is 5.32. The highest BCUT2D eigenvalue weighted by Gasteiger charge is 2.38. The van der Waals surface area contributed by atoms with Crippen LogP contribution in [0, 0.1) is 11.7 Å². The monoisotopic (exact) mass is 375 g/mol. The average Bonchev–Trinajstić information content (AvgIpc) is 2.65. The number of carbonyl (C=O) groups excluding carboxylic acids is 3. The molecule has 7 heteroatoms. The molecule has 0 atom stereocenters. The van der Waals surface area contributed by atoms with Gasteiger partial charge >= 0.3 is 11.8 Å². The molecule has 0 spiro atoms. The standard InChI is InChI=1S/C20H26FN3O3/c1-14(2)18(25)22-8-6-17(7-9-22)24-11-10-23(19(26)20(24)27)13-15-4-3-5-16(21)12-15/h3-5,12,14,17H,6-11,13H2,1-2H3. The van der Waals surface area contributed by atoms with E-state index < -0.39 is 11.8 Å². The Morgan fingerprint density at radius 1 is 1.11 bits per heavy atom. The number of halogens is 1. The van der Waals surface area contributed by atoms with Crippen LogP contribution in [0.15, 0.2) is 24.3 Å². The fourth-order valence-electron chi connectivity index (χ4n) is 3.81. The first-order chi connectivity index (χ1) is 12.9. The predicted octanol–water partition coefficient (Wildman–Crippen LogP) is 1.64. The van der Waals surface area contributed by atoms with Crippen molar-refractivity contribution in [3.05, 3.63) is 35.6 Å². The topological polar surface area (TPSA) is 60.9 Å². The van der Waals surface area contributed by atoms with Crippen LogP contribution in [0.2, 0.25) is 0 Å². The van der Waals surface area contributed by atoms with Crippen molar-refractivity contribution in [1.29, 1.82) is 0 Å². The molecule has 0 radical (unpaired) electrons. The van der Waals surface area contributed by atoms with Gasteiger partial charge in [0.2, 0.25) is 5.91 Å². The van der Waals surface area contributed by atoms with Crippen LogP contribution in [0.4, 0.5) is 4.39 Å². The van der Waals surface area contributed by atoms with E-state index in [0.29, 0.717) is 44.6 Å². The summed E-state index contributed by atoms with van der Waals surface area (Å²) >= 11 is 0. The van der Waals surface area contributed by atoms with Gasteiger partial charge in [-0.15, -0.1) is 0 Å². The molecule has 146 valence electrons. The van der Waals surface area contributed by atoms with Crippen LogP contribution in [-0.2, 0) is 20.9 Å². The number of piperazine rings is 1. The lowest BCUT2D eigenvalue weighted by molar-refractivity contribution is -0.159. The van der Waals surface area contributed by atoms with Crippen LogP contribution in [0.5, 0.6) is 0 Å². The average molecular weight is 375 g/mol. The quantitative estimate of drug-likeness (QED) is 0.752. The molecule has 2 aliphatic heterocycles. The summed E-state index contributed by atoms with van der Waals surface area (Å²) in [6.45, 7) is 6.15. The van der Waals surface area contributed by atoms with Crippen LogP contribution in [0.25, 0.3) is 0 Å². The number of hydrogen-bond donors (Lipinski definition) is 0. The summed E-state index contributed by atoms with van der Waals surface area (Å²) in [6.07, 6.45) is 1.39. The van der Waals surface area contributed by atoms with E-state index in [9.17, 15) is 18.8 Å². The molecular formula is C20H26FN3O3. The zero-order chi connectivity index (χ0) is 19.6. The summed E-state index contributed by atoms with van der Waals surface area (Å²) in [7, 11) is 0. The van der Waals surface area contributed by atoms with E-state index in [0.717, 1.165) is 0 Å². The minimum atomic E-state index is -0.536. The number of amides is 3. The zero-order valence-electron chi connectivity index (χ0n) is 15.9. The van der Waals surface area contributed by atoms with Crippen molar-refractivity contribution < 1.29 is 18.8 Å². The van der Waals surface area contributed by atoms with E-state index in [2.05, 4.69) is 0 Å². The molecule has 0 N–H and O–H groups in total. The second-order valence-electron chi connectivity index (χ2n) is 7.57. The summed E-state index contributed by atoms with van der Waals surface area (Å²) < 4.78 is 13.3. The lowest BCUT2D eigenvalue weighted by Crippen LogP contribution is -2.59. The van der Waals surface area contributed by atoms with E-state index in [4.69, 9.17) is 0 Å². The maximum atomic E-state index is 13.3. The van der Waals surface area contributed by atoms with Crippen LogP contribution < -0.4 is 0 Å². The Hall–Kier alpha value is -2.44. The van der Waals surface area contributed by atoms with E-state index in [-0.39, 0.29) is 30.2 Å². The number of likely N-dealkylation sites (tertiary alicyclic amines) is 1. The van der Waals surface area contributed by atoms with Crippen LogP contribution in [0.3, 0.4) is 0 Å². The molecule has 1 aromatic rings. The van der Waals surface area contributed by atoms with Crippen LogP contribution in [-0.4, -0.2) is 64.6 Å². The number of piperidine rings is 1. The maximum absolute atomic E-state index is 13.3. The number of rotatable bonds is 4. The fraction of sp³-hybridized carbons (Fsp3) is 0.550. The molecule has 2 saturated heterocycles. The first-order valence-electron chi connectivity index (χ1n) is 9.50. The van der Waals surface area contributed by atoms with E-state index >= 15 is 0 Å². The van der Waals surface area contributed by atoms with Crippen molar-refractivity contribution in [2.75, 3.05) is 26.2 Å². The molecule has 3 rings (SSSR count). The van der Waals surface area contributed by atoms with Crippen molar-refractivity contribution in [2.45, 2.75) is 39.3 Å². The Labute approximate surface area is 158 Å². The number of carbonyl (C=O) groups is 3. The number of hydrogen-bond acceptors (Lipinski definition) is 3. The normalized spacial score (nSPS) is 19.2. The zero-order valence-corrected chi connectivity index (χ0v) is 15.9. The molecule has 0 saturated carbocycles. The third kappa shape index (κ3) is 4.28. The highest BCUT2D eigenvalue weighted by molar-refractivity contribution is 6.35. The predicted molar refractivity (Wildman–Crippen MR) is 98.0 cm³/mol. The number of nitrogens with zero attached hydrogens (tertiary/aromatic N) is 3. The van der Waals surface area contributed by atoms with Crippen molar-refractivity contribution in [1.82, 2.24) is 14.7 Å². The first-order valence-corrected chi connectivity index (χ1v) is 9.50. The molecule has 3 amide bonds. The van der Waals surface area contributed by atoms with E-state index in [1.807, 2.05) is 18.7 Å². The van der Waals surface area contributed by atoms with Crippen molar-refractivity contribution >= 4 is 17.7 Å². The van der Waals surface area contributed by atoms with Crippen molar-refractivity contribution in [2.24, 2.45) is 5.92 Å². The Kier molecular flexibility index (Phi) is 5.77. The van der Waals surface area contributed by atoms with Crippen molar-refractivity contribution in [3.8, 4) is 0 Å². The molecule has 0 bridgehead atoms. The highest BCUT2D eigenvalue weighted by atomic mass is 19.1. The van der Waals surface area contributed by atoms with Crippen molar-refractivity contribution in [3.63, 3.8) is 0 Å². The molecular weight excluding hydrogens is 349 g/mol. The Morgan fingerprint density at radius 2 is 1.81 bits per heavy atom. The minimum Gasteiger partial charge on any atom is -0.342 e. The third-order valence-electron chi connectivity index (χ3n) is 5.32. The lowest BCUT2D eigenvalue weighted by atomic mass is 10.0. The van der Waals surface area contributed by atoms with E-state index in [1.54, 1.807) is 17.0 Å². The second-order valence-corrected chi connectivity index (χ2v) is 7.57. The Balaban J connectivity index is 1.57. The highest BCUT2D eigenvalue weighted by Crippen LogP contribution is 2.21. The fourth-order valence-corrected chi connectivity index (χ4v) is 3.81. The van der Waals surface area contributed by atoms with E-state index in [1.165, 1.54) is 17.0 Å². The molecule has 2 fully saturated rings. The van der Waals surface area contributed by atoms with Gasteiger partial charge < -0.3 is 14.7 Å². The maximum Gasteiger partial charge on any atom is 0.312 e. The molecule has 27 heavy (non-hydrogen) atoms. The van der Waals surface area contributed by atoms with Gasteiger partial charge in [-0.25, -0.2) is 4.39 Å². The molecule has 1 aromatic carbocycles. The summed E-state index contributed by atoms with van der Waals surface area (Å²) in [4.78, 5) is 42.2. The van der Waals surface area contributed by atoms with Gasteiger partial charge in [-0.05, 0) is 30.5 Å². The SMILES string of the molecule is CC(C)C(=O)N1CCC(N2CCN(Cc3cccc(F)c3)C(=O)C2=O)CC1. The van der Waals surface area contributed by atoms with Gasteiger partial charge in [-0.3, -0.25) is 14.4 Å². The Bertz CT molecular complexity index is 729. The summed E-state index contributed by atoms with van der Waals surface area (Å²) in [5.41, 5.74) is 0.671. The Morgan fingerprint density at radius 3 is 2.44 bits per heavy atom. The van der Waals surface area contributed by atoms with Gasteiger partial charge in [0.25, 0.3) is 0 Å².